The number of thiazole rings is 1. The van der Waals surface area contributed by atoms with E-state index in [1.54, 1.807) is 17.4 Å². The summed E-state index contributed by atoms with van der Waals surface area (Å²) in [5.74, 6) is 0.340. The van der Waals surface area contributed by atoms with E-state index in [2.05, 4.69) is 22.6 Å². The Morgan fingerprint density at radius 1 is 1.40 bits per heavy atom. The third-order valence-corrected chi connectivity index (χ3v) is 4.05. The Morgan fingerprint density at radius 3 is 2.50 bits per heavy atom. The van der Waals surface area contributed by atoms with E-state index in [4.69, 9.17) is 0 Å². The van der Waals surface area contributed by atoms with E-state index in [9.17, 15) is 18.1 Å². The Hall–Kier alpha value is -1.22. The van der Waals surface area contributed by atoms with Gasteiger partial charge in [-0.05, 0) is 26.0 Å². The maximum absolute atomic E-state index is 9.45. The number of aryl methyl sites for hydroxylation is 2. The molecular weight excluding hydrogens is 302 g/mol. The van der Waals surface area contributed by atoms with Gasteiger partial charge < -0.3 is 9.66 Å². The van der Waals surface area contributed by atoms with Crippen LogP contribution in [0.2, 0.25) is 0 Å². The van der Waals surface area contributed by atoms with Crippen LogP contribution in [0, 0.1) is 6.92 Å². The molecule has 0 aliphatic rings. The molecule has 8 heteroatoms. The zero-order valence-corrected chi connectivity index (χ0v) is 13.1. The van der Waals surface area contributed by atoms with Gasteiger partial charge in [0.2, 0.25) is 20.9 Å². The van der Waals surface area contributed by atoms with E-state index < -0.39 is 10.4 Å². The van der Waals surface area contributed by atoms with Crippen LogP contribution in [-0.4, -0.2) is 24.7 Å². The molecule has 1 aromatic heterocycles. The third kappa shape index (κ3) is 4.71. The number of aromatic nitrogens is 1. The van der Waals surface area contributed by atoms with Gasteiger partial charge in [-0.3, -0.25) is 4.18 Å². The van der Waals surface area contributed by atoms with Gasteiger partial charge in [0.25, 0.3) is 0 Å². The van der Waals surface area contributed by atoms with Crippen LogP contribution in [0.15, 0.2) is 18.2 Å². The van der Waals surface area contributed by atoms with Crippen LogP contribution >= 0.6 is 11.3 Å². The fourth-order valence-corrected chi connectivity index (χ4v) is 3.08. The first-order valence-corrected chi connectivity index (χ1v) is 8.15. The smallest absolute Gasteiger partial charge is 0.235 e. The number of hydrogen-bond donors (Lipinski definition) is 1. The molecule has 0 amide bonds. The summed E-state index contributed by atoms with van der Waals surface area (Å²) in [6.45, 7) is 6.50. The predicted molar refractivity (Wildman–Crippen MR) is 75.4 cm³/mol. The highest BCUT2D eigenvalue weighted by molar-refractivity contribution is 7.80. The first kappa shape index (κ1) is 16.8. The van der Waals surface area contributed by atoms with Crippen LogP contribution in [0.3, 0.4) is 0 Å². The van der Waals surface area contributed by atoms with Crippen molar-refractivity contribution < 1.29 is 26.8 Å². The van der Waals surface area contributed by atoms with Crippen LogP contribution < -0.4 is 4.57 Å². The third-order valence-electron chi connectivity index (χ3n) is 2.45. The van der Waals surface area contributed by atoms with Gasteiger partial charge >= 0.3 is 0 Å². The molecule has 0 unspecified atom stereocenters. The van der Waals surface area contributed by atoms with Crippen molar-refractivity contribution >= 4 is 32.0 Å². The van der Waals surface area contributed by atoms with Crippen molar-refractivity contribution in [1.29, 1.82) is 0 Å². The lowest BCUT2D eigenvalue weighted by Gasteiger charge is -2.02. The van der Waals surface area contributed by atoms with Crippen molar-refractivity contribution in [1.82, 2.24) is 0 Å². The van der Waals surface area contributed by atoms with Crippen molar-refractivity contribution in [2.75, 3.05) is 6.61 Å². The number of phenolic OH excluding ortho intramolecular Hbond substituents is 1. The number of rotatable bonds is 3. The summed E-state index contributed by atoms with van der Waals surface area (Å²) in [5, 5.41) is 10.6. The number of fused-ring (bicyclic) bond motifs is 1. The zero-order chi connectivity index (χ0) is 15.3. The molecule has 0 aliphatic heterocycles. The molecule has 112 valence electrons. The van der Waals surface area contributed by atoms with Crippen molar-refractivity contribution in [3.05, 3.63) is 23.2 Å². The van der Waals surface area contributed by atoms with Crippen molar-refractivity contribution in [2.45, 2.75) is 27.3 Å². The summed E-state index contributed by atoms with van der Waals surface area (Å²) in [5.41, 5.74) is 1.13. The Balaban J connectivity index is 0.000000246. The highest BCUT2D eigenvalue weighted by Gasteiger charge is 2.14. The number of phenols is 1. The van der Waals surface area contributed by atoms with Gasteiger partial charge in [-0.2, -0.15) is 4.57 Å². The maximum Gasteiger partial charge on any atom is 0.235 e. The first-order valence-electron chi connectivity index (χ1n) is 6.00. The quantitative estimate of drug-likeness (QED) is 0.528. The lowest BCUT2D eigenvalue weighted by atomic mass is 10.3. The van der Waals surface area contributed by atoms with Gasteiger partial charge in [0.1, 0.15) is 17.0 Å². The summed E-state index contributed by atoms with van der Waals surface area (Å²) in [6.07, 6.45) is 0. The Morgan fingerprint density at radius 2 is 2.05 bits per heavy atom. The fourth-order valence-electron chi connectivity index (χ4n) is 1.72. The molecule has 0 spiro atoms. The molecule has 0 atom stereocenters. The van der Waals surface area contributed by atoms with Crippen LogP contribution in [0.1, 0.15) is 18.9 Å². The molecule has 0 saturated carbocycles. The fraction of sp³-hybridized carbons (Fsp3) is 0.417. The summed E-state index contributed by atoms with van der Waals surface area (Å²) in [6, 6.07) is 5.52. The monoisotopic (exact) mass is 319 g/mol. The topological polar surface area (TPSA) is 90.5 Å². The summed E-state index contributed by atoms with van der Waals surface area (Å²) in [7, 11) is -4.42. The molecule has 0 saturated heterocycles. The van der Waals surface area contributed by atoms with Crippen LogP contribution in [0.4, 0.5) is 0 Å². The van der Waals surface area contributed by atoms with E-state index in [1.807, 2.05) is 12.1 Å². The molecule has 0 radical (unpaired) electrons. The minimum atomic E-state index is -4.42. The second-order valence-electron chi connectivity index (χ2n) is 3.83. The zero-order valence-electron chi connectivity index (χ0n) is 11.5. The lowest BCUT2D eigenvalue weighted by Crippen LogP contribution is -2.33. The average molecular weight is 319 g/mol. The molecule has 1 heterocycles. The Labute approximate surface area is 122 Å². The number of nitrogens with zero attached hydrogens (tertiary/aromatic N) is 1. The van der Waals surface area contributed by atoms with Gasteiger partial charge in [0.15, 0.2) is 0 Å². The minimum absolute atomic E-state index is 0.0914. The molecule has 1 N–H and O–H groups in total. The standard InChI is InChI=1S/C10H11NOS.C2H6O4S/c1-3-11-7(2)13-10-5-4-8(12)6-9(10)11;1-2-6-7(3,4)5/h4-6H,3H2,1-2H3;2H2,1H3,(H,3,4,5). The molecule has 0 bridgehead atoms. The number of aromatic hydroxyl groups is 1. The van der Waals surface area contributed by atoms with Gasteiger partial charge in [0.05, 0.1) is 12.7 Å². The molecule has 0 aliphatic carbocycles. The molecule has 2 aromatic rings. The predicted octanol–water partition coefficient (Wildman–Crippen LogP) is 1.71. The number of hydrogen-bond acceptors (Lipinski definition) is 6. The van der Waals surface area contributed by atoms with Gasteiger partial charge in [-0.25, -0.2) is 8.42 Å². The van der Waals surface area contributed by atoms with E-state index >= 15 is 0 Å². The molecule has 20 heavy (non-hydrogen) atoms. The van der Waals surface area contributed by atoms with Crippen molar-refractivity contribution in [3.8, 4) is 5.75 Å². The van der Waals surface area contributed by atoms with E-state index in [0.717, 1.165) is 12.1 Å². The van der Waals surface area contributed by atoms with Crippen molar-refractivity contribution in [3.63, 3.8) is 0 Å². The van der Waals surface area contributed by atoms with Gasteiger partial charge in [-0.1, -0.05) is 11.3 Å². The van der Waals surface area contributed by atoms with E-state index in [1.165, 1.54) is 16.6 Å². The second kappa shape index (κ2) is 6.98. The highest BCUT2D eigenvalue weighted by atomic mass is 32.3. The minimum Gasteiger partial charge on any atom is -0.726 e. The summed E-state index contributed by atoms with van der Waals surface area (Å²) < 4.78 is 35.4. The second-order valence-corrected chi connectivity index (χ2v) is 6.12. The normalized spacial score (nSPS) is 11.2. The largest absolute Gasteiger partial charge is 0.726 e. The van der Waals surface area contributed by atoms with E-state index in [0.29, 0.717) is 5.75 Å². The molecule has 0 fully saturated rings. The Kier molecular flexibility index (Phi) is 5.88. The maximum atomic E-state index is 9.45. The summed E-state index contributed by atoms with van der Waals surface area (Å²) in [4.78, 5) is 0. The molecule has 2 rings (SSSR count). The van der Waals surface area contributed by atoms with Gasteiger partial charge in [-0.15, -0.1) is 0 Å². The molecule has 6 nitrogen and oxygen atoms in total. The average Bonchev–Trinajstić information content (AvgIpc) is 2.63. The van der Waals surface area contributed by atoms with E-state index in [-0.39, 0.29) is 6.61 Å². The molecular formula is C12H17NO5S2. The van der Waals surface area contributed by atoms with Crippen LogP contribution in [0.25, 0.3) is 10.2 Å². The lowest BCUT2D eigenvalue weighted by molar-refractivity contribution is -0.669. The van der Waals surface area contributed by atoms with Gasteiger partial charge in [0, 0.05) is 6.92 Å². The first-order chi connectivity index (χ1) is 9.28. The van der Waals surface area contributed by atoms with Crippen LogP contribution in [0.5, 0.6) is 5.75 Å². The SMILES string of the molecule is CCOS(=O)(=O)[O-].CC[n+]1c(C)sc2ccc(O)cc21. The molecule has 1 aromatic carbocycles. The highest BCUT2D eigenvalue weighted by Crippen LogP contribution is 2.23. The van der Waals surface area contributed by atoms with Crippen LogP contribution in [-0.2, 0) is 21.1 Å². The Bertz CT molecular complexity index is 678. The number of benzene rings is 1. The van der Waals surface area contributed by atoms with Crippen molar-refractivity contribution in [2.24, 2.45) is 0 Å². The summed E-state index contributed by atoms with van der Waals surface area (Å²) >= 11 is 1.76.